The minimum absolute atomic E-state index is 0.303. The summed E-state index contributed by atoms with van der Waals surface area (Å²) >= 11 is 0. The molecule has 0 saturated carbocycles. The van der Waals surface area contributed by atoms with Gasteiger partial charge in [-0.3, -0.25) is 9.55 Å². The lowest BCUT2D eigenvalue weighted by Crippen LogP contribution is -2.03. The van der Waals surface area contributed by atoms with Crippen molar-refractivity contribution in [1.82, 2.24) is 14.5 Å². The van der Waals surface area contributed by atoms with E-state index in [0.717, 1.165) is 53.1 Å². The van der Waals surface area contributed by atoms with Crippen LogP contribution in [0.2, 0.25) is 0 Å². The van der Waals surface area contributed by atoms with E-state index in [-0.39, 0.29) is 0 Å². The molecule has 0 fully saturated rings. The Balaban J connectivity index is 1.82. The van der Waals surface area contributed by atoms with Gasteiger partial charge >= 0.3 is 5.97 Å². The highest BCUT2D eigenvalue weighted by Crippen LogP contribution is 2.28. The van der Waals surface area contributed by atoms with Crippen LogP contribution in [0.5, 0.6) is 0 Å². The van der Waals surface area contributed by atoms with Gasteiger partial charge in [0.2, 0.25) is 0 Å². The van der Waals surface area contributed by atoms with Gasteiger partial charge in [0.1, 0.15) is 5.82 Å². The SMILES string of the molecule is CCCCc1nc2ccnc(C)c2n1-c1ccc(-c2ccccc2C(=O)O)cc1. The summed E-state index contributed by atoms with van der Waals surface area (Å²) in [7, 11) is 0. The molecule has 5 heteroatoms. The number of pyridine rings is 1. The first-order valence-corrected chi connectivity index (χ1v) is 9.86. The second-order valence-corrected chi connectivity index (χ2v) is 7.13. The molecular formula is C24H23N3O2. The van der Waals surface area contributed by atoms with Gasteiger partial charge in [-0.05, 0) is 48.7 Å². The first-order chi connectivity index (χ1) is 14.1. The summed E-state index contributed by atoms with van der Waals surface area (Å²) in [6, 6.07) is 17.0. The quantitative estimate of drug-likeness (QED) is 0.480. The molecule has 2 aromatic carbocycles. The van der Waals surface area contributed by atoms with Gasteiger partial charge in [0.05, 0.1) is 22.3 Å². The van der Waals surface area contributed by atoms with E-state index in [0.29, 0.717) is 11.1 Å². The summed E-state index contributed by atoms with van der Waals surface area (Å²) in [4.78, 5) is 20.9. The minimum atomic E-state index is -0.922. The van der Waals surface area contributed by atoms with Crippen LogP contribution in [0.25, 0.3) is 27.8 Å². The Labute approximate surface area is 169 Å². The van der Waals surface area contributed by atoms with E-state index < -0.39 is 5.97 Å². The fourth-order valence-electron chi connectivity index (χ4n) is 3.72. The number of nitrogens with zero attached hydrogens (tertiary/aromatic N) is 3. The number of carboxylic acid groups (broad SMARTS) is 1. The molecule has 2 heterocycles. The van der Waals surface area contributed by atoms with E-state index in [1.807, 2.05) is 49.4 Å². The summed E-state index contributed by atoms with van der Waals surface area (Å²) in [5.41, 5.74) is 5.81. The lowest BCUT2D eigenvalue weighted by Gasteiger charge is -2.12. The van der Waals surface area contributed by atoms with Gasteiger partial charge in [0.15, 0.2) is 0 Å². The maximum absolute atomic E-state index is 11.6. The zero-order valence-electron chi connectivity index (χ0n) is 16.6. The van der Waals surface area contributed by atoms with Crippen LogP contribution >= 0.6 is 0 Å². The standard InChI is InChI=1S/C24H23N3O2/c1-3-4-9-22-26-21-14-15-25-16(2)23(21)27(22)18-12-10-17(11-13-18)19-7-5-6-8-20(19)24(28)29/h5-8,10-15H,3-4,9H2,1-2H3,(H,28,29). The molecule has 4 aromatic rings. The van der Waals surface area contributed by atoms with Gasteiger partial charge in [-0.15, -0.1) is 0 Å². The average molecular weight is 385 g/mol. The van der Waals surface area contributed by atoms with E-state index in [1.165, 1.54) is 0 Å². The fourth-order valence-corrected chi connectivity index (χ4v) is 3.72. The third-order valence-corrected chi connectivity index (χ3v) is 5.17. The Hall–Kier alpha value is -3.47. The predicted molar refractivity (Wildman–Crippen MR) is 115 cm³/mol. The number of unbranched alkanes of at least 4 members (excludes halogenated alkanes) is 1. The van der Waals surface area contributed by atoms with Gasteiger partial charge in [0, 0.05) is 18.3 Å². The van der Waals surface area contributed by atoms with E-state index >= 15 is 0 Å². The van der Waals surface area contributed by atoms with Gasteiger partial charge in [-0.2, -0.15) is 0 Å². The molecule has 0 unspecified atom stereocenters. The van der Waals surface area contributed by atoms with Gasteiger partial charge in [-0.25, -0.2) is 9.78 Å². The van der Waals surface area contributed by atoms with E-state index in [2.05, 4.69) is 16.5 Å². The van der Waals surface area contributed by atoms with Crippen LogP contribution in [-0.2, 0) is 6.42 Å². The number of carboxylic acids is 1. The van der Waals surface area contributed by atoms with Crippen LogP contribution < -0.4 is 0 Å². The molecule has 2 aromatic heterocycles. The van der Waals surface area contributed by atoms with Crippen LogP contribution in [0.1, 0.15) is 41.6 Å². The Morgan fingerprint density at radius 3 is 2.55 bits per heavy atom. The summed E-state index contributed by atoms with van der Waals surface area (Å²) in [5.74, 6) is 0.102. The van der Waals surface area contributed by atoms with Crippen molar-refractivity contribution in [2.75, 3.05) is 0 Å². The zero-order chi connectivity index (χ0) is 20.4. The maximum atomic E-state index is 11.6. The third kappa shape index (κ3) is 3.51. The van der Waals surface area contributed by atoms with Crippen molar-refractivity contribution >= 4 is 17.0 Å². The van der Waals surface area contributed by atoms with Crippen molar-refractivity contribution in [2.45, 2.75) is 33.1 Å². The molecule has 0 spiro atoms. The molecule has 146 valence electrons. The van der Waals surface area contributed by atoms with E-state index in [4.69, 9.17) is 4.98 Å². The highest BCUT2D eigenvalue weighted by atomic mass is 16.4. The van der Waals surface area contributed by atoms with Crippen molar-refractivity contribution in [1.29, 1.82) is 0 Å². The van der Waals surface area contributed by atoms with Crippen LogP contribution in [0.4, 0.5) is 0 Å². The van der Waals surface area contributed by atoms with Gasteiger partial charge in [0.25, 0.3) is 0 Å². The number of benzene rings is 2. The van der Waals surface area contributed by atoms with Gasteiger partial charge < -0.3 is 5.11 Å². The molecule has 5 nitrogen and oxygen atoms in total. The number of fused-ring (bicyclic) bond motifs is 1. The van der Waals surface area contributed by atoms with Crippen LogP contribution in [0, 0.1) is 6.92 Å². The van der Waals surface area contributed by atoms with Crippen LogP contribution in [-0.4, -0.2) is 25.6 Å². The molecule has 0 saturated heterocycles. The third-order valence-electron chi connectivity index (χ3n) is 5.17. The highest BCUT2D eigenvalue weighted by Gasteiger charge is 2.16. The topological polar surface area (TPSA) is 68.0 Å². The van der Waals surface area contributed by atoms with Crippen molar-refractivity contribution in [3.63, 3.8) is 0 Å². The molecule has 4 rings (SSSR count). The molecule has 0 bridgehead atoms. The lowest BCUT2D eigenvalue weighted by molar-refractivity contribution is 0.0697. The van der Waals surface area contributed by atoms with Crippen molar-refractivity contribution in [3.05, 3.63) is 77.9 Å². The monoisotopic (exact) mass is 385 g/mol. The largest absolute Gasteiger partial charge is 0.478 e. The summed E-state index contributed by atoms with van der Waals surface area (Å²) in [6.45, 7) is 4.18. The van der Waals surface area contributed by atoms with Crippen molar-refractivity contribution < 1.29 is 9.90 Å². The highest BCUT2D eigenvalue weighted by molar-refractivity contribution is 5.96. The first kappa shape index (κ1) is 18.9. The molecule has 0 radical (unpaired) electrons. The fraction of sp³-hybridized carbons (Fsp3) is 0.208. The number of rotatable bonds is 6. The molecule has 0 aliphatic rings. The number of imidazole rings is 1. The smallest absolute Gasteiger partial charge is 0.336 e. The molecular weight excluding hydrogens is 362 g/mol. The van der Waals surface area contributed by atoms with E-state index in [9.17, 15) is 9.90 Å². The van der Waals surface area contributed by atoms with Crippen LogP contribution in [0.15, 0.2) is 60.8 Å². The number of aromatic carboxylic acids is 1. The van der Waals surface area contributed by atoms with Gasteiger partial charge in [-0.1, -0.05) is 43.7 Å². The maximum Gasteiger partial charge on any atom is 0.336 e. The number of aryl methyl sites for hydroxylation is 2. The molecule has 0 aliphatic heterocycles. The second-order valence-electron chi connectivity index (χ2n) is 7.13. The number of hydrogen-bond donors (Lipinski definition) is 1. The molecule has 1 N–H and O–H groups in total. The zero-order valence-corrected chi connectivity index (χ0v) is 16.6. The second kappa shape index (κ2) is 7.87. The Kier molecular flexibility index (Phi) is 5.12. The number of hydrogen-bond acceptors (Lipinski definition) is 3. The van der Waals surface area contributed by atoms with Crippen molar-refractivity contribution in [3.8, 4) is 16.8 Å². The Bertz CT molecular complexity index is 1180. The molecule has 0 amide bonds. The number of carbonyl (C=O) groups is 1. The van der Waals surface area contributed by atoms with E-state index in [1.54, 1.807) is 18.3 Å². The summed E-state index contributed by atoms with van der Waals surface area (Å²) in [5, 5.41) is 9.48. The number of aromatic nitrogens is 3. The first-order valence-electron chi connectivity index (χ1n) is 9.86. The molecule has 0 aliphatic carbocycles. The summed E-state index contributed by atoms with van der Waals surface area (Å²) in [6.07, 6.45) is 4.87. The minimum Gasteiger partial charge on any atom is -0.478 e. The van der Waals surface area contributed by atoms with Crippen molar-refractivity contribution in [2.24, 2.45) is 0 Å². The van der Waals surface area contributed by atoms with Crippen LogP contribution in [0.3, 0.4) is 0 Å². The molecule has 29 heavy (non-hydrogen) atoms. The Morgan fingerprint density at radius 1 is 1.07 bits per heavy atom. The summed E-state index contributed by atoms with van der Waals surface area (Å²) < 4.78 is 2.18. The Morgan fingerprint density at radius 2 is 1.83 bits per heavy atom. The lowest BCUT2D eigenvalue weighted by atomic mass is 9.99. The normalized spacial score (nSPS) is 11.1. The predicted octanol–water partition coefficient (Wildman–Crippen LogP) is 5.44. The molecule has 0 atom stereocenters. The average Bonchev–Trinajstić information content (AvgIpc) is 3.12.